The Balaban J connectivity index is 1.79. The average molecular weight is 276 g/mol. The van der Waals surface area contributed by atoms with Crippen LogP contribution in [0, 0.1) is 5.92 Å². The molecule has 19 heavy (non-hydrogen) atoms. The highest BCUT2D eigenvalue weighted by molar-refractivity contribution is 6.30. The zero-order valence-corrected chi connectivity index (χ0v) is 11.6. The van der Waals surface area contributed by atoms with Crippen LogP contribution in [0.25, 0.3) is 11.1 Å². The van der Waals surface area contributed by atoms with Crippen molar-refractivity contribution in [2.75, 3.05) is 13.1 Å². The van der Waals surface area contributed by atoms with Crippen LogP contribution >= 0.6 is 11.6 Å². The summed E-state index contributed by atoms with van der Waals surface area (Å²) in [4.78, 5) is 0. The number of halogens is 1. The van der Waals surface area contributed by atoms with Gasteiger partial charge in [-0.3, -0.25) is 5.10 Å². The second-order valence-corrected chi connectivity index (χ2v) is 5.60. The van der Waals surface area contributed by atoms with E-state index < -0.39 is 0 Å². The number of benzene rings is 1. The lowest BCUT2D eigenvalue weighted by Gasteiger charge is -2.22. The molecule has 1 saturated heterocycles. The van der Waals surface area contributed by atoms with Crippen LogP contribution in [0.3, 0.4) is 0 Å². The standard InChI is InChI=1S/C15H18ClN3/c16-13-3-1-12(2-4-13)14-10-18-19-15(14)9-11-5-7-17-8-6-11/h1-4,10-11,17H,5-9H2,(H,18,19). The van der Waals surface area contributed by atoms with E-state index in [-0.39, 0.29) is 0 Å². The van der Waals surface area contributed by atoms with E-state index in [1.165, 1.54) is 29.7 Å². The van der Waals surface area contributed by atoms with Crippen LogP contribution < -0.4 is 5.32 Å². The lowest BCUT2D eigenvalue weighted by atomic mass is 9.91. The molecule has 3 nitrogen and oxygen atoms in total. The normalized spacial score (nSPS) is 16.7. The fourth-order valence-electron chi connectivity index (χ4n) is 2.72. The number of aromatic amines is 1. The molecule has 2 aromatic rings. The topological polar surface area (TPSA) is 40.7 Å². The van der Waals surface area contributed by atoms with Gasteiger partial charge < -0.3 is 5.32 Å². The van der Waals surface area contributed by atoms with Gasteiger partial charge in [0.15, 0.2) is 0 Å². The quantitative estimate of drug-likeness (QED) is 0.903. The smallest absolute Gasteiger partial charge is 0.0568 e. The van der Waals surface area contributed by atoms with Gasteiger partial charge in [-0.1, -0.05) is 23.7 Å². The minimum absolute atomic E-state index is 0.757. The van der Waals surface area contributed by atoms with Gasteiger partial charge in [0.25, 0.3) is 0 Å². The lowest BCUT2D eigenvalue weighted by molar-refractivity contribution is 0.370. The largest absolute Gasteiger partial charge is 0.317 e. The van der Waals surface area contributed by atoms with Crippen molar-refractivity contribution < 1.29 is 0 Å². The molecule has 0 bridgehead atoms. The number of aromatic nitrogens is 2. The Hall–Kier alpha value is -1.32. The van der Waals surface area contributed by atoms with Crippen molar-refractivity contribution in [3.05, 3.63) is 41.2 Å². The molecule has 0 spiro atoms. The molecule has 1 aromatic heterocycles. The van der Waals surface area contributed by atoms with Crippen LogP contribution in [0.5, 0.6) is 0 Å². The predicted octanol–water partition coefficient (Wildman–Crippen LogP) is 3.27. The van der Waals surface area contributed by atoms with Crippen LogP contribution in [0.2, 0.25) is 5.02 Å². The van der Waals surface area contributed by atoms with E-state index >= 15 is 0 Å². The summed E-state index contributed by atoms with van der Waals surface area (Å²) in [6.07, 6.45) is 5.50. The Morgan fingerprint density at radius 2 is 1.89 bits per heavy atom. The van der Waals surface area contributed by atoms with Crippen LogP contribution in [0.1, 0.15) is 18.5 Å². The van der Waals surface area contributed by atoms with Gasteiger partial charge >= 0.3 is 0 Å². The summed E-state index contributed by atoms with van der Waals surface area (Å²) in [5.41, 5.74) is 3.63. The van der Waals surface area contributed by atoms with Gasteiger partial charge in [0.1, 0.15) is 0 Å². The molecule has 2 N–H and O–H groups in total. The molecule has 0 atom stereocenters. The first kappa shape index (κ1) is 12.7. The Bertz CT molecular complexity index is 527. The first-order chi connectivity index (χ1) is 9.33. The van der Waals surface area contributed by atoms with Crippen molar-refractivity contribution in [1.29, 1.82) is 0 Å². The van der Waals surface area contributed by atoms with E-state index in [1.54, 1.807) is 0 Å². The van der Waals surface area contributed by atoms with E-state index in [2.05, 4.69) is 27.6 Å². The first-order valence-corrected chi connectivity index (χ1v) is 7.19. The molecule has 0 radical (unpaired) electrons. The number of piperidine rings is 1. The van der Waals surface area contributed by atoms with Gasteiger partial charge in [0.2, 0.25) is 0 Å². The lowest BCUT2D eigenvalue weighted by Crippen LogP contribution is -2.28. The number of rotatable bonds is 3. The fraction of sp³-hybridized carbons (Fsp3) is 0.400. The number of H-pyrrole nitrogens is 1. The van der Waals surface area contributed by atoms with Crippen molar-refractivity contribution >= 4 is 11.6 Å². The molecule has 1 aliphatic rings. The molecule has 2 heterocycles. The number of hydrogen-bond acceptors (Lipinski definition) is 2. The van der Waals surface area contributed by atoms with Crippen molar-refractivity contribution in [3.8, 4) is 11.1 Å². The summed E-state index contributed by atoms with van der Waals surface area (Å²) in [5, 5.41) is 11.6. The van der Waals surface area contributed by atoms with Gasteiger partial charge in [0.05, 0.1) is 6.20 Å². The highest BCUT2D eigenvalue weighted by Gasteiger charge is 2.17. The fourth-order valence-corrected chi connectivity index (χ4v) is 2.85. The molecule has 0 amide bonds. The zero-order chi connectivity index (χ0) is 13.1. The monoisotopic (exact) mass is 275 g/mol. The van der Waals surface area contributed by atoms with Crippen LogP contribution in [-0.4, -0.2) is 23.3 Å². The molecular weight excluding hydrogens is 258 g/mol. The van der Waals surface area contributed by atoms with Gasteiger partial charge in [-0.2, -0.15) is 5.10 Å². The van der Waals surface area contributed by atoms with E-state index in [9.17, 15) is 0 Å². The average Bonchev–Trinajstić information content (AvgIpc) is 2.89. The SMILES string of the molecule is Clc1ccc(-c2cn[nH]c2CC2CCNCC2)cc1. The molecular formula is C15H18ClN3. The molecule has 0 saturated carbocycles. The Morgan fingerprint density at radius 1 is 1.16 bits per heavy atom. The third kappa shape index (κ3) is 2.99. The van der Waals surface area contributed by atoms with E-state index in [0.717, 1.165) is 30.5 Å². The summed E-state index contributed by atoms with van der Waals surface area (Å²) >= 11 is 5.94. The predicted molar refractivity (Wildman–Crippen MR) is 78.3 cm³/mol. The Labute approximate surface area is 118 Å². The van der Waals surface area contributed by atoms with E-state index in [4.69, 9.17) is 11.6 Å². The molecule has 0 unspecified atom stereocenters. The molecule has 3 rings (SSSR count). The molecule has 4 heteroatoms. The third-order valence-electron chi connectivity index (χ3n) is 3.83. The highest BCUT2D eigenvalue weighted by atomic mass is 35.5. The number of nitrogens with one attached hydrogen (secondary N) is 2. The zero-order valence-electron chi connectivity index (χ0n) is 10.8. The number of nitrogens with zero attached hydrogens (tertiary/aromatic N) is 1. The van der Waals surface area contributed by atoms with Crippen molar-refractivity contribution in [2.45, 2.75) is 19.3 Å². The number of hydrogen-bond donors (Lipinski definition) is 2. The summed E-state index contributed by atoms with van der Waals surface area (Å²) in [6, 6.07) is 7.97. The van der Waals surface area contributed by atoms with Crippen LogP contribution in [0.15, 0.2) is 30.5 Å². The van der Waals surface area contributed by atoms with Gasteiger partial charge in [-0.15, -0.1) is 0 Å². The van der Waals surface area contributed by atoms with Crippen molar-refractivity contribution in [2.24, 2.45) is 5.92 Å². The van der Waals surface area contributed by atoms with Gasteiger partial charge in [0, 0.05) is 16.3 Å². The molecule has 100 valence electrons. The maximum atomic E-state index is 5.94. The molecule has 1 aliphatic heterocycles. The summed E-state index contributed by atoms with van der Waals surface area (Å²) in [6.45, 7) is 2.27. The van der Waals surface area contributed by atoms with E-state index in [0.29, 0.717) is 0 Å². The van der Waals surface area contributed by atoms with Gasteiger partial charge in [-0.05, 0) is 56.0 Å². The maximum Gasteiger partial charge on any atom is 0.0568 e. The summed E-state index contributed by atoms with van der Waals surface area (Å²) < 4.78 is 0. The second kappa shape index (κ2) is 5.76. The molecule has 1 fully saturated rings. The van der Waals surface area contributed by atoms with Crippen molar-refractivity contribution in [3.63, 3.8) is 0 Å². The second-order valence-electron chi connectivity index (χ2n) is 5.17. The van der Waals surface area contributed by atoms with Crippen molar-refractivity contribution in [1.82, 2.24) is 15.5 Å². The minimum atomic E-state index is 0.757. The maximum absolute atomic E-state index is 5.94. The first-order valence-electron chi connectivity index (χ1n) is 6.82. The van der Waals surface area contributed by atoms with E-state index in [1.807, 2.05) is 18.3 Å². The van der Waals surface area contributed by atoms with Crippen LogP contribution in [0.4, 0.5) is 0 Å². The summed E-state index contributed by atoms with van der Waals surface area (Å²) in [7, 11) is 0. The highest BCUT2D eigenvalue weighted by Crippen LogP contribution is 2.27. The minimum Gasteiger partial charge on any atom is -0.317 e. The molecule has 0 aliphatic carbocycles. The Morgan fingerprint density at radius 3 is 2.63 bits per heavy atom. The Kier molecular flexibility index (Phi) is 3.85. The molecule has 1 aromatic carbocycles. The third-order valence-corrected chi connectivity index (χ3v) is 4.08. The van der Waals surface area contributed by atoms with Gasteiger partial charge in [-0.25, -0.2) is 0 Å². The summed E-state index contributed by atoms with van der Waals surface area (Å²) in [5.74, 6) is 0.757. The van der Waals surface area contributed by atoms with Crippen LogP contribution in [-0.2, 0) is 6.42 Å².